The summed E-state index contributed by atoms with van der Waals surface area (Å²) in [6, 6.07) is 8.58. The summed E-state index contributed by atoms with van der Waals surface area (Å²) < 4.78 is 0. The first-order valence-electron chi connectivity index (χ1n) is 5.38. The van der Waals surface area contributed by atoms with Crippen LogP contribution in [0.15, 0.2) is 24.3 Å². The Hall–Kier alpha value is -1.04. The molecule has 0 heterocycles. The van der Waals surface area contributed by atoms with Gasteiger partial charge in [-0.05, 0) is 22.3 Å². The SMILES string of the molecule is CC(C)C=c1ccccc1=CC(C)C. The number of benzene rings is 1. The second-order valence-electron chi connectivity index (χ2n) is 4.45. The lowest BCUT2D eigenvalue weighted by Gasteiger charge is -1.97. The highest BCUT2D eigenvalue weighted by Crippen LogP contribution is 1.93. The summed E-state index contributed by atoms with van der Waals surface area (Å²) in [5.74, 6) is 1.22. The van der Waals surface area contributed by atoms with Crippen molar-refractivity contribution in [3.05, 3.63) is 34.7 Å². The van der Waals surface area contributed by atoms with Crippen molar-refractivity contribution in [2.24, 2.45) is 11.8 Å². The largest absolute Gasteiger partial charge is 0.0741 e. The fourth-order valence-corrected chi connectivity index (χ4v) is 1.53. The van der Waals surface area contributed by atoms with E-state index < -0.39 is 0 Å². The molecule has 0 nitrogen and oxygen atoms in total. The van der Waals surface area contributed by atoms with Gasteiger partial charge < -0.3 is 0 Å². The highest BCUT2D eigenvalue weighted by atomic mass is 14.0. The lowest BCUT2D eigenvalue weighted by Crippen LogP contribution is -2.25. The smallest absolute Gasteiger partial charge is 0.0225 e. The van der Waals surface area contributed by atoms with Crippen molar-refractivity contribution in [3.8, 4) is 0 Å². The first-order chi connectivity index (χ1) is 6.59. The van der Waals surface area contributed by atoms with Crippen LogP contribution in [-0.4, -0.2) is 0 Å². The molecule has 0 heteroatoms. The minimum absolute atomic E-state index is 0.608. The van der Waals surface area contributed by atoms with Gasteiger partial charge in [0.15, 0.2) is 0 Å². The molecular formula is C14H20. The van der Waals surface area contributed by atoms with Crippen LogP contribution < -0.4 is 10.4 Å². The third kappa shape index (κ3) is 3.37. The Balaban J connectivity index is 3.30. The minimum atomic E-state index is 0.608. The van der Waals surface area contributed by atoms with Crippen molar-refractivity contribution in [1.29, 1.82) is 0 Å². The maximum Gasteiger partial charge on any atom is -0.0225 e. The van der Waals surface area contributed by atoms with Crippen LogP contribution in [0.25, 0.3) is 12.2 Å². The second-order valence-corrected chi connectivity index (χ2v) is 4.45. The van der Waals surface area contributed by atoms with Crippen LogP contribution >= 0.6 is 0 Å². The van der Waals surface area contributed by atoms with Gasteiger partial charge in [-0.15, -0.1) is 0 Å². The van der Waals surface area contributed by atoms with Crippen LogP contribution in [0.3, 0.4) is 0 Å². The Morgan fingerprint density at radius 3 is 1.43 bits per heavy atom. The normalized spacial score (nSPS) is 14.4. The molecule has 1 rings (SSSR count). The third-order valence-corrected chi connectivity index (χ3v) is 2.02. The quantitative estimate of drug-likeness (QED) is 0.669. The Morgan fingerprint density at radius 2 is 1.14 bits per heavy atom. The second kappa shape index (κ2) is 4.99. The van der Waals surface area contributed by atoms with Crippen LogP contribution in [0, 0.1) is 11.8 Å². The van der Waals surface area contributed by atoms with Crippen LogP contribution in [0.4, 0.5) is 0 Å². The Labute approximate surface area is 87.0 Å². The first kappa shape index (κ1) is 11.0. The van der Waals surface area contributed by atoms with Gasteiger partial charge in [0, 0.05) is 0 Å². The average Bonchev–Trinajstić information content (AvgIpc) is 2.06. The molecule has 0 saturated heterocycles. The summed E-state index contributed by atoms with van der Waals surface area (Å²) >= 11 is 0. The fourth-order valence-electron chi connectivity index (χ4n) is 1.53. The summed E-state index contributed by atoms with van der Waals surface area (Å²) in [5, 5.41) is 2.72. The molecule has 76 valence electrons. The van der Waals surface area contributed by atoms with Crippen LogP contribution in [-0.2, 0) is 0 Å². The van der Waals surface area contributed by atoms with E-state index in [1.165, 1.54) is 10.4 Å². The van der Waals surface area contributed by atoms with Gasteiger partial charge >= 0.3 is 0 Å². The average molecular weight is 188 g/mol. The predicted octanol–water partition coefficient (Wildman–Crippen LogP) is 2.56. The summed E-state index contributed by atoms with van der Waals surface area (Å²) in [6.07, 6.45) is 4.63. The van der Waals surface area contributed by atoms with E-state index >= 15 is 0 Å². The van der Waals surface area contributed by atoms with Crippen molar-refractivity contribution < 1.29 is 0 Å². The van der Waals surface area contributed by atoms with E-state index in [4.69, 9.17) is 0 Å². The van der Waals surface area contributed by atoms with Gasteiger partial charge in [-0.3, -0.25) is 0 Å². The summed E-state index contributed by atoms with van der Waals surface area (Å²) in [6.45, 7) is 8.86. The maximum atomic E-state index is 2.31. The van der Waals surface area contributed by atoms with E-state index in [9.17, 15) is 0 Å². The Kier molecular flexibility index (Phi) is 3.94. The molecular weight excluding hydrogens is 168 g/mol. The zero-order valence-corrected chi connectivity index (χ0v) is 9.62. The van der Waals surface area contributed by atoms with Gasteiger partial charge in [-0.2, -0.15) is 0 Å². The molecule has 0 unspecified atom stereocenters. The number of rotatable bonds is 2. The van der Waals surface area contributed by atoms with Crippen molar-refractivity contribution in [3.63, 3.8) is 0 Å². The van der Waals surface area contributed by atoms with E-state index in [0.717, 1.165) is 0 Å². The summed E-state index contributed by atoms with van der Waals surface area (Å²) in [7, 11) is 0. The molecule has 0 aromatic heterocycles. The Bertz CT molecular complexity index is 344. The highest BCUT2D eigenvalue weighted by Gasteiger charge is 1.90. The van der Waals surface area contributed by atoms with Crippen LogP contribution in [0.1, 0.15) is 27.7 Å². The zero-order valence-electron chi connectivity index (χ0n) is 9.62. The molecule has 0 aliphatic heterocycles. The third-order valence-electron chi connectivity index (χ3n) is 2.02. The predicted molar refractivity (Wildman–Crippen MR) is 64.3 cm³/mol. The monoisotopic (exact) mass is 188 g/mol. The molecule has 0 saturated carbocycles. The van der Waals surface area contributed by atoms with Crippen molar-refractivity contribution in [2.75, 3.05) is 0 Å². The van der Waals surface area contributed by atoms with Gasteiger partial charge in [0.2, 0.25) is 0 Å². The van der Waals surface area contributed by atoms with E-state index in [0.29, 0.717) is 11.8 Å². The van der Waals surface area contributed by atoms with Gasteiger partial charge in [0.25, 0.3) is 0 Å². The molecule has 0 aliphatic carbocycles. The van der Waals surface area contributed by atoms with Crippen molar-refractivity contribution >= 4 is 12.2 Å². The van der Waals surface area contributed by atoms with Crippen molar-refractivity contribution in [1.82, 2.24) is 0 Å². The van der Waals surface area contributed by atoms with Crippen molar-refractivity contribution in [2.45, 2.75) is 27.7 Å². The standard InChI is InChI=1S/C14H20/c1-11(2)9-13-7-5-6-8-14(13)10-12(3)4/h5-12H,1-4H3. The lowest BCUT2D eigenvalue weighted by atomic mass is 10.1. The Morgan fingerprint density at radius 1 is 0.786 bits per heavy atom. The molecule has 0 radical (unpaired) electrons. The summed E-state index contributed by atoms with van der Waals surface area (Å²) in [4.78, 5) is 0. The molecule has 0 spiro atoms. The van der Waals surface area contributed by atoms with E-state index in [-0.39, 0.29) is 0 Å². The van der Waals surface area contributed by atoms with E-state index in [1.54, 1.807) is 0 Å². The number of hydrogen-bond acceptors (Lipinski definition) is 0. The minimum Gasteiger partial charge on any atom is -0.0741 e. The molecule has 0 fully saturated rings. The lowest BCUT2D eigenvalue weighted by molar-refractivity contribution is 0.873. The van der Waals surface area contributed by atoms with Gasteiger partial charge in [0.05, 0.1) is 0 Å². The molecule has 1 aromatic carbocycles. The van der Waals surface area contributed by atoms with Crippen LogP contribution in [0.2, 0.25) is 0 Å². The first-order valence-corrected chi connectivity index (χ1v) is 5.38. The molecule has 0 N–H and O–H groups in total. The molecule has 0 aliphatic rings. The van der Waals surface area contributed by atoms with Gasteiger partial charge in [-0.25, -0.2) is 0 Å². The van der Waals surface area contributed by atoms with Gasteiger partial charge in [0.1, 0.15) is 0 Å². The molecule has 1 aromatic rings. The van der Waals surface area contributed by atoms with Gasteiger partial charge in [-0.1, -0.05) is 64.1 Å². The van der Waals surface area contributed by atoms with Crippen LogP contribution in [0.5, 0.6) is 0 Å². The highest BCUT2D eigenvalue weighted by molar-refractivity contribution is 5.33. The topological polar surface area (TPSA) is 0 Å². The molecule has 0 bridgehead atoms. The summed E-state index contributed by atoms with van der Waals surface area (Å²) in [5.41, 5.74) is 0. The molecule has 14 heavy (non-hydrogen) atoms. The fraction of sp³-hybridized carbons (Fsp3) is 0.429. The zero-order chi connectivity index (χ0) is 10.6. The maximum absolute atomic E-state index is 2.31. The van der Waals surface area contributed by atoms with E-state index in [1.807, 2.05) is 0 Å². The van der Waals surface area contributed by atoms with E-state index in [2.05, 4.69) is 64.1 Å². The molecule has 0 amide bonds. The molecule has 0 atom stereocenters. The number of hydrogen-bond donors (Lipinski definition) is 0.